The van der Waals surface area contributed by atoms with Gasteiger partial charge in [-0.2, -0.15) is 0 Å². The Labute approximate surface area is 327 Å². The Hall–Kier alpha value is -7.90. The molecule has 0 saturated carbocycles. The van der Waals surface area contributed by atoms with Crippen molar-refractivity contribution in [3.05, 3.63) is 182 Å². The summed E-state index contributed by atoms with van der Waals surface area (Å²) in [5.74, 6) is 2.40. The molecule has 0 saturated heterocycles. The Morgan fingerprint density at radius 2 is 0.807 bits per heavy atom. The van der Waals surface area contributed by atoms with E-state index in [1.165, 1.54) is 21.5 Å². The highest BCUT2D eigenvalue weighted by Crippen LogP contribution is 2.38. The van der Waals surface area contributed by atoms with Crippen molar-refractivity contribution in [1.29, 1.82) is 0 Å². The Bertz CT molecular complexity index is 3220. The Balaban J connectivity index is 1.03. The monoisotopic (exact) mass is 730 g/mol. The van der Waals surface area contributed by atoms with Crippen LogP contribution in [-0.2, 0) is 0 Å². The zero-order valence-corrected chi connectivity index (χ0v) is 30.4. The molecule has 0 amide bonds. The number of fused-ring (bicyclic) bond motifs is 5. The highest BCUT2D eigenvalue weighted by molar-refractivity contribution is 6.07. The second kappa shape index (κ2) is 13.4. The fraction of sp³-hybridized carbons (Fsp3) is 0. The Kier molecular flexibility index (Phi) is 7.67. The summed E-state index contributed by atoms with van der Waals surface area (Å²) in [5.41, 5.74) is 8.97. The number of hydrogen-bond donors (Lipinski definition) is 0. The van der Waals surface area contributed by atoms with E-state index in [1.807, 2.05) is 121 Å². The standard InChI is InChI=1S/C50H30N6O/c1-4-12-32(13-5-1)46-52-43(31-20-22-35(23-21-31)49-55-47(33-14-6-2-7-15-33)54-48(56-49)34-16-8-3-9-17-34)45-44(53-46)42-29-41(30-51-50(42)57-45)39-25-24-38-26-36-18-10-11-19-37(36)27-40(38)28-39/h1-30H. The van der Waals surface area contributed by atoms with Crippen molar-refractivity contribution in [1.82, 2.24) is 29.9 Å². The number of furan rings is 1. The van der Waals surface area contributed by atoms with Crippen molar-refractivity contribution in [2.75, 3.05) is 0 Å². The molecular weight excluding hydrogens is 701 g/mol. The molecule has 0 unspecified atom stereocenters. The molecule has 57 heavy (non-hydrogen) atoms. The van der Waals surface area contributed by atoms with Crippen LogP contribution in [-0.4, -0.2) is 29.9 Å². The lowest BCUT2D eigenvalue weighted by Gasteiger charge is -2.09. The molecule has 11 aromatic rings. The smallest absolute Gasteiger partial charge is 0.229 e. The van der Waals surface area contributed by atoms with Gasteiger partial charge in [-0.3, -0.25) is 0 Å². The predicted molar refractivity (Wildman–Crippen MR) is 228 cm³/mol. The number of nitrogens with zero attached hydrogens (tertiary/aromatic N) is 6. The van der Waals surface area contributed by atoms with Gasteiger partial charge in [0.15, 0.2) is 28.9 Å². The van der Waals surface area contributed by atoms with E-state index < -0.39 is 0 Å². The molecule has 4 heterocycles. The SMILES string of the molecule is c1ccc(-c2nc(-c3ccccc3)nc(-c3ccc(-c4nc(-c5ccccc5)nc5c4oc4ncc(-c6ccc7cc8ccccc8cc7c6)cc45)cc3)n2)cc1. The van der Waals surface area contributed by atoms with Crippen LogP contribution in [0.4, 0.5) is 0 Å². The summed E-state index contributed by atoms with van der Waals surface area (Å²) in [7, 11) is 0. The van der Waals surface area contributed by atoms with Crippen molar-refractivity contribution in [3.63, 3.8) is 0 Å². The van der Waals surface area contributed by atoms with E-state index >= 15 is 0 Å². The maximum atomic E-state index is 6.51. The van der Waals surface area contributed by atoms with Crippen LogP contribution < -0.4 is 0 Å². The van der Waals surface area contributed by atoms with Crippen LogP contribution in [0.2, 0.25) is 0 Å². The van der Waals surface area contributed by atoms with Crippen LogP contribution >= 0.6 is 0 Å². The minimum Gasteiger partial charge on any atom is -0.434 e. The molecule has 11 rings (SSSR count). The summed E-state index contributed by atoms with van der Waals surface area (Å²) in [5, 5.41) is 5.63. The fourth-order valence-electron chi connectivity index (χ4n) is 7.43. The van der Waals surface area contributed by atoms with E-state index in [1.54, 1.807) is 0 Å². The summed E-state index contributed by atoms with van der Waals surface area (Å²) < 4.78 is 6.51. The van der Waals surface area contributed by atoms with Gasteiger partial charge in [0, 0.05) is 39.6 Å². The fourth-order valence-corrected chi connectivity index (χ4v) is 7.43. The Morgan fingerprint density at radius 1 is 0.333 bits per heavy atom. The summed E-state index contributed by atoms with van der Waals surface area (Å²) in [6.07, 6.45) is 1.87. The second-order valence-corrected chi connectivity index (χ2v) is 14.0. The number of rotatable bonds is 6. The van der Waals surface area contributed by atoms with Gasteiger partial charge in [-0.1, -0.05) is 152 Å². The first kappa shape index (κ1) is 32.5. The molecule has 0 aliphatic rings. The van der Waals surface area contributed by atoms with E-state index in [4.69, 9.17) is 34.3 Å². The highest BCUT2D eigenvalue weighted by atomic mass is 16.3. The number of aromatic nitrogens is 6. The molecule has 0 aliphatic carbocycles. The quantitative estimate of drug-likeness (QED) is 0.157. The van der Waals surface area contributed by atoms with E-state index in [9.17, 15) is 0 Å². The third-order valence-corrected chi connectivity index (χ3v) is 10.4. The largest absolute Gasteiger partial charge is 0.434 e. The molecule has 0 bridgehead atoms. The minimum atomic E-state index is 0.505. The van der Waals surface area contributed by atoms with Crippen LogP contribution in [0.25, 0.3) is 112 Å². The molecular formula is C50H30N6O. The van der Waals surface area contributed by atoms with Gasteiger partial charge in [-0.05, 0) is 51.4 Å². The van der Waals surface area contributed by atoms with Gasteiger partial charge < -0.3 is 4.42 Å². The molecule has 7 heteroatoms. The lowest BCUT2D eigenvalue weighted by Crippen LogP contribution is -2.00. The zero-order chi connectivity index (χ0) is 37.7. The molecule has 0 N–H and O–H groups in total. The van der Waals surface area contributed by atoms with Crippen molar-refractivity contribution in [3.8, 4) is 67.9 Å². The number of benzene rings is 7. The third-order valence-electron chi connectivity index (χ3n) is 10.4. The molecule has 7 aromatic carbocycles. The molecule has 0 fully saturated rings. The number of pyridine rings is 1. The molecule has 7 nitrogen and oxygen atoms in total. The van der Waals surface area contributed by atoms with E-state index in [0.29, 0.717) is 45.8 Å². The lowest BCUT2D eigenvalue weighted by molar-refractivity contribution is 0.653. The van der Waals surface area contributed by atoms with Crippen molar-refractivity contribution >= 4 is 43.7 Å². The summed E-state index contributed by atoms with van der Waals surface area (Å²) in [4.78, 5) is 29.7. The molecule has 0 aliphatic heterocycles. The molecule has 0 atom stereocenters. The van der Waals surface area contributed by atoms with Crippen LogP contribution in [0.15, 0.2) is 187 Å². The van der Waals surface area contributed by atoms with Crippen LogP contribution in [0.3, 0.4) is 0 Å². The summed E-state index contributed by atoms with van der Waals surface area (Å²) in [6, 6.07) is 59.7. The average Bonchev–Trinajstić information content (AvgIpc) is 3.66. The topological polar surface area (TPSA) is 90.5 Å². The van der Waals surface area contributed by atoms with E-state index in [-0.39, 0.29) is 0 Å². The Morgan fingerprint density at radius 3 is 1.40 bits per heavy atom. The lowest BCUT2D eigenvalue weighted by atomic mass is 9.99. The minimum absolute atomic E-state index is 0.505. The first-order valence-electron chi connectivity index (χ1n) is 18.8. The molecule has 4 aromatic heterocycles. The normalized spacial score (nSPS) is 11.5. The molecule has 266 valence electrons. The van der Waals surface area contributed by atoms with Gasteiger partial charge in [-0.15, -0.1) is 0 Å². The second-order valence-electron chi connectivity index (χ2n) is 14.0. The zero-order valence-electron chi connectivity index (χ0n) is 30.4. The van der Waals surface area contributed by atoms with Gasteiger partial charge in [0.05, 0.1) is 5.39 Å². The van der Waals surface area contributed by atoms with Gasteiger partial charge in [0.1, 0.15) is 11.2 Å². The van der Waals surface area contributed by atoms with Crippen molar-refractivity contribution < 1.29 is 4.42 Å². The third kappa shape index (κ3) is 5.95. The van der Waals surface area contributed by atoms with E-state index in [2.05, 4.69) is 60.7 Å². The first-order chi connectivity index (χ1) is 28.2. The van der Waals surface area contributed by atoms with Gasteiger partial charge >= 0.3 is 0 Å². The average molecular weight is 731 g/mol. The summed E-state index contributed by atoms with van der Waals surface area (Å²) in [6.45, 7) is 0. The molecule has 0 spiro atoms. The van der Waals surface area contributed by atoms with Gasteiger partial charge in [0.25, 0.3) is 0 Å². The highest BCUT2D eigenvalue weighted by Gasteiger charge is 2.20. The van der Waals surface area contributed by atoms with Crippen molar-refractivity contribution in [2.24, 2.45) is 0 Å². The van der Waals surface area contributed by atoms with Crippen LogP contribution in [0.1, 0.15) is 0 Å². The van der Waals surface area contributed by atoms with Crippen molar-refractivity contribution in [2.45, 2.75) is 0 Å². The number of hydrogen-bond acceptors (Lipinski definition) is 7. The van der Waals surface area contributed by atoms with Crippen LogP contribution in [0.5, 0.6) is 0 Å². The van der Waals surface area contributed by atoms with Gasteiger partial charge in [0.2, 0.25) is 5.71 Å². The van der Waals surface area contributed by atoms with E-state index in [0.717, 1.165) is 44.3 Å². The van der Waals surface area contributed by atoms with Gasteiger partial charge in [-0.25, -0.2) is 29.9 Å². The maximum absolute atomic E-state index is 6.51. The first-order valence-corrected chi connectivity index (χ1v) is 18.8. The summed E-state index contributed by atoms with van der Waals surface area (Å²) >= 11 is 0. The predicted octanol–water partition coefficient (Wildman–Crippen LogP) is 12.3. The molecule has 0 radical (unpaired) electrons. The van der Waals surface area contributed by atoms with Crippen LogP contribution in [0, 0.1) is 0 Å². The maximum Gasteiger partial charge on any atom is 0.229 e.